The second-order valence-corrected chi connectivity index (χ2v) is 4.22. The molecule has 86 valence electrons. The van der Waals surface area contributed by atoms with Crippen LogP contribution in [0.1, 0.15) is 5.56 Å². The highest BCUT2D eigenvalue weighted by atomic mass is 16.2. The highest BCUT2D eigenvalue weighted by Crippen LogP contribution is 2.10. The maximum Gasteiger partial charge on any atom is 0.321 e. The normalized spacial score (nSPS) is 15.4. The Kier molecular flexibility index (Phi) is 3.10. The Hall–Kier alpha value is -1.55. The van der Waals surface area contributed by atoms with Gasteiger partial charge in [-0.2, -0.15) is 0 Å². The average Bonchev–Trinajstić information content (AvgIpc) is 2.19. The van der Waals surface area contributed by atoms with E-state index in [4.69, 9.17) is 0 Å². The van der Waals surface area contributed by atoms with Gasteiger partial charge in [-0.05, 0) is 19.1 Å². The van der Waals surface area contributed by atoms with Crippen LogP contribution in [-0.2, 0) is 0 Å². The third-order valence-corrected chi connectivity index (χ3v) is 2.93. The Balaban J connectivity index is 1.93. The Morgan fingerprint density at radius 3 is 2.50 bits per heavy atom. The number of hydrogen-bond donors (Lipinski definition) is 2. The summed E-state index contributed by atoms with van der Waals surface area (Å²) < 4.78 is 0. The quantitative estimate of drug-likeness (QED) is 0.790. The molecule has 2 N–H and O–H groups in total. The summed E-state index contributed by atoms with van der Waals surface area (Å²) in [4.78, 5) is 13.6. The molecule has 0 aromatic heterocycles. The maximum absolute atomic E-state index is 11.8. The molecule has 1 aliphatic heterocycles. The SMILES string of the molecule is Cc1ccc(NC(=O)N(C)C2CNC2)cc1. The van der Waals surface area contributed by atoms with Gasteiger partial charge in [-0.3, -0.25) is 0 Å². The van der Waals surface area contributed by atoms with Gasteiger partial charge in [0, 0.05) is 25.8 Å². The van der Waals surface area contributed by atoms with E-state index in [2.05, 4.69) is 10.6 Å². The molecule has 2 rings (SSSR count). The predicted octanol–water partition coefficient (Wildman–Crippen LogP) is 1.43. The summed E-state index contributed by atoms with van der Waals surface area (Å²) in [6, 6.07) is 8.09. The second kappa shape index (κ2) is 4.53. The van der Waals surface area contributed by atoms with Crippen LogP contribution in [0.25, 0.3) is 0 Å². The number of aryl methyl sites for hydroxylation is 1. The largest absolute Gasteiger partial charge is 0.322 e. The van der Waals surface area contributed by atoms with Crippen molar-refractivity contribution in [3.63, 3.8) is 0 Å². The number of amides is 2. The molecule has 0 bridgehead atoms. The van der Waals surface area contributed by atoms with E-state index in [1.165, 1.54) is 5.56 Å². The number of carbonyl (C=O) groups is 1. The van der Waals surface area contributed by atoms with Crippen LogP contribution >= 0.6 is 0 Å². The minimum Gasteiger partial charge on any atom is -0.322 e. The molecule has 1 saturated heterocycles. The molecule has 1 aliphatic rings. The Morgan fingerprint density at radius 2 is 2.00 bits per heavy atom. The summed E-state index contributed by atoms with van der Waals surface area (Å²) >= 11 is 0. The first-order valence-electron chi connectivity index (χ1n) is 5.48. The van der Waals surface area contributed by atoms with Crippen LogP contribution in [0.15, 0.2) is 24.3 Å². The Morgan fingerprint density at radius 1 is 1.38 bits per heavy atom. The van der Waals surface area contributed by atoms with Crippen molar-refractivity contribution in [1.82, 2.24) is 10.2 Å². The van der Waals surface area contributed by atoms with E-state index in [9.17, 15) is 4.79 Å². The molecule has 0 spiro atoms. The smallest absolute Gasteiger partial charge is 0.321 e. The Labute approximate surface area is 95.6 Å². The number of carbonyl (C=O) groups excluding carboxylic acids is 1. The van der Waals surface area contributed by atoms with Gasteiger partial charge in [0.2, 0.25) is 0 Å². The molecule has 16 heavy (non-hydrogen) atoms. The Bertz CT molecular complexity index is 370. The minimum atomic E-state index is -0.0460. The maximum atomic E-state index is 11.8. The van der Waals surface area contributed by atoms with E-state index in [1.54, 1.807) is 4.90 Å². The summed E-state index contributed by atoms with van der Waals surface area (Å²) in [5.74, 6) is 0. The van der Waals surface area contributed by atoms with Gasteiger partial charge >= 0.3 is 6.03 Å². The number of likely N-dealkylation sites (N-methyl/N-ethyl adjacent to an activating group) is 1. The first kappa shape index (κ1) is 11.0. The van der Waals surface area contributed by atoms with Crippen molar-refractivity contribution in [2.24, 2.45) is 0 Å². The van der Waals surface area contributed by atoms with Crippen LogP contribution < -0.4 is 10.6 Å². The van der Waals surface area contributed by atoms with Gasteiger partial charge in [-0.1, -0.05) is 17.7 Å². The van der Waals surface area contributed by atoms with Crippen molar-refractivity contribution in [1.29, 1.82) is 0 Å². The molecule has 1 heterocycles. The summed E-state index contributed by atoms with van der Waals surface area (Å²) in [5, 5.41) is 6.02. The first-order chi connectivity index (χ1) is 7.66. The predicted molar refractivity (Wildman–Crippen MR) is 64.6 cm³/mol. The number of benzene rings is 1. The van der Waals surface area contributed by atoms with Gasteiger partial charge < -0.3 is 15.5 Å². The van der Waals surface area contributed by atoms with Gasteiger partial charge in [0.15, 0.2) is 0 Å². The number of nitrogens with one attached hydrogen (secondary N) is 2. The van der Waals surface area contributed by atoms with E-state index in [0.29, 0.717) is 6.04 Å². The molecule has 1 aromatic rings. The fourth-order valence-corrected chi connectivity index (χ4v) is 1.56. The van der Waals surface area contributed by atoms with E-state index >= 15 is 0 Å². The van der Waals surface area contributed by atoms with E-state index < -0.39 is 0 Å². The van der Waals surface area contributed by atoms with Gasteiger partial charge in [0.25, 0.3) is 0 Å². The lowest BCUT2D eigenvalue weighted by Gasteiger charge is -2.35. The number of anilines is 1. The molecule has 0 aliphatic carbocycles. The average molecular weight is 219 g/mol. The second-order valence-electron chi connectivity index (χ2n) is 4.22. The monoisotopic (exact) mass is 219 g/mol. The minimum absolute atomic E-state index is 0.0460. The van der Waals surface area contributed by atoms with Gasteiger partial charge in [-0.15, -0.1) is 0 Å². The lowest BCUT2D eigenvalue weighted by molar-refractivity contribution is 0.180. The topological polar surface area (TPSA) is 44.4 Å². The molecule has 2 amide bonds. The number of urea groups is 1. The van der Waals surface area contributed by atoms with Crippen molar-refractivity contribution in [3.8, 4) is 0 Å². The van der Waals surface area contributed by atoms with Crippen molar-refractivity contribution < 1.29 is 4.79 Å². The zero-order valence-electron chi connectivity index (χ0n) is 9.66. The number of nitrogens with zero attached hydrogens (tertiary/aromatic N) is 1. The van der Waals surface area contributed by atoms with E-state index in [0.717, 1.165) is 18.8 Å². The van der Waals surface area contributed by atoms with Crippen LogP contribution in [0.3, 0.4) is 0 Å². The van der Waals surface area contributed by atoms with Crippen LogP contribution in [0.2, 0.25) is 0 Å². The summed E-state index contributed by atoms with van der Waals surface area (Å²) in [5.41, 5.74) is 2.03. The fraction of sp³-hybridized carbons (Fsp3) is 0.417. The van der Waals surface area contributed by atoms with E-state index in [1.807, 2.05) is 38.2 Å². The van der Waals surface area contributed by atoms with Crippen molar-refractivity contribution in [3.05, 3.63) is 29.8 Å². The molecule has 0 saturated carbocycles. The van der Waals surface area contributed by atoms with Crippen molar-refractivity contribution in [2.75, 3.05) is 25.5 Å². The summed E-state index contributed by atoms with van der Waals surface area (Å²) in [6.45, 7) is 3.80. The van der Waals surface area contributed by atoms with E-state index in [-0.39, 0.29) is 6.03 Å². The zero-order valence-corrected chi connectivity index (χ0v) is 9.66. The molecule has 0 unspecified atom stereocenters. The third kappa shape index (κ3) is 2.33. The molecule has 0 radical (unpaired) electrons. The third-order valence-electron chi connectivity index (χ3n) is 2.93. The zero-order chi connectivity index (χ0) is 11.5. The van der Waals surface area contributed by atoms with Gasteiger partial charge in [0.1, 0.15) is 0 Å². The standard InChI is InChI=1S/C12H17N3O/c1-9-3-5-10(6-4-9)14-12(16)15(2)11-7-13-8-11/h3-6,11,13H,7-8H2,1-2H3,(H,14,16). The summed E-state index contributed by atoms with van der Waals surface area (Å²) in [6.07, 6.45) is 0. The van der Waals surface area contributed by atoms with Crippen LogP contribution in [0, 0.1) is 6.92 Å². The highest BCUT2D eigenvalue weighted by molar-refractivity contribution is 5.89. The van der Waals surface area contributed by atoms with Gasteiger partial charge in [-0.25, -0.2) is 4.79 Å². The molecular formula is C12H17N3O. The van der Waals surface area contributed by atoms with Crippen LogP contribution in [-0.4, -0.2) is 37.1 Å². The number of hydrogen-bond acceptors (Lipinski definition) is 2. The molecule has 1 fully saturated rings. The highest BCUT2D eigenvalue weighted by Gasteiger charge is 2.25. The van der Waals surface area contributed by atoms with Crippen LogP contribution in [0.5, 0.6) is 0 Å². The lowest BCUT2D eigenvalue weighted by Crippen LogP contribution is -2.58. The fourth-order valence-electron chi connectivity index (χ4n) is 1.56. The van der Waals surface area contributed by atoms with Gasteiger partial charge in [0.05, 0.1) is 6.04 Å². The molecule has 4 nitrogen and oxygen atoms in total. The van der Waals surface area contributed by atoms with Crippen molar-refractivity contribution in [2.45, 2.75) is 13.0 Å². The molecule has 1 aromatic carbocycles. The first-order valence-corrected chi connectivity index (χ1v) is 5.48. The molecule has 0 atom stereocenters. The molecule has 4 heteroatoms. The lowest BCUT2D eigenvalue weighted by atomic mass is 10.1. The number of rotatable bonds is 2. The van der Waals surface area contributed by atoms with Crippen molar-refractivity contribution >= 4 is 11.7 Å². The summed E-state index contributed by atoms with van der Waals surface area (Å²) in [7, 11) is 1.83. The molecular weight excluding hydrogens is 202 g/mol. The van der Waals surface area contributed by atoms with Crippen LogP contribution in [0.4, 0.5) is 10.5 Å².